The molecule has 0 aliphatic carbocycles. The third kappa shape index (κ3) is 2.96. The molecule has 0 saturated carbocycles. The van der Waals surface area contributed by atoms with Gasteiger partial charge in [-0.2, -0.15) is 0 Å². The second-order valence-corrected chi connectivity index (χ2v) is 4.86. The van der Waals surface area contributed by atoms with Gasteiger partial charge in [0.1, 0.15) is 5.75 Å². The van der Waals surface area contributed by atoms with Crippen molar-refractivity contribution in [3.05, 3.63) is 29.8 Å². The minimum atomic E-state index is 0.196. The van der Waals surface area contributed by atoms with E-state index in [2.05, 4.69) is 38.2 Å². The van der Waals surface area contributed by atoms with Gasteiger partial charge in [-0.1, -0.05) is 32.9 Å². The first-order valence-electron chi connectivity index (χ1n) is 5.30. The Hall–Kier alpha value is -1.02. The fourth-order valence-electron chi connectivity index (χ4n) is 1.92. The van der Waals surface area contributed by atoms with Crippen LogP contribution < -0.4 is 10.1 Å². The summed E-state index contributed by atoms with van der Waals surface area (Å²) in [5.41, 5.74) is 1.46. The monoisotopic (exact) mass is 207 g/mol. The Morgan fingerprint density at radius 3 is 2.40 bits per heavy atom. The van der Waals surface area contributed by atoms with Gasteiger partial charge in [0.05, 0.1) is 7.11 Å². The molecule has 0 aliphatic heterocycles. The molecule has 1 aromatic carbocycles. The Kier molecular flexibility index (Phi) is 3.75. The lowest BCUT2D eigenvalue weighted by Gasteiger charge is -2.31. The summed E-state index contributed by atoms with van der Waals surface area (Å²) < 4.78 is 5.23. The van der Waals surface area contributed by atoms with E-state index in [1.165, 1.54) is 5.56 Å². The molecule has 15 heavy (non-hydrogen) atoms. The van der Waals surface area contributed by atoms with Crippen molar-refractivity contribution in [1.29, 1.82) is 0 Å². The Balaban J connectivity index is 3.02. The number of ether oxygens (including phenoxy) is 1. The van der Waals surface area contributed by atoms with Gasteiger partial charge in [0.2, 0.25) is 0 Å². The summed E-state index contributed by atoms with van der Waals surface area (Å²) in [7, 11) is 3.69. The zero-order valence-electron chi connectivity index (χ0n) is 10.3. The highest BCUT2D eigenvalue weighted by Gasteiger charge is 2.24. The van der Waals surface area contributed by atoms with Crippen molar-refractivity contribution in [1.82, 2.24) is 5.32 Å². The minimum absolute atomic E-state index is 0.196. The second-order valence-electron chi connectivity index (χ2n) is 4.86. The predicted molar refractivity (Wildman–Crippen MR) is 64.2 cm³/mol. The van der Waals surface area contributed by atoms with Crippen LogP contribution in [-0.2, 0) is 0 Å². The Morgan fingerprint density at radius 2 is 1.93 bits per heavy atom. The smallest absolute Gasteiger partial charge is 0.119 e. The largest absolute Gasteiger partial charge is 0.497 e. The van der Waals surface area contributed by atoms with E-state index >= 15 is 0 Å². The van der Waals surface area contributed by atoms with Gasteiger partial charge < -0.3 is 10.1 Å². The van der Waals surface area contributed by atoms with Crippen LogP contribution in [0, 0.1) is 5.41 Å². The molecule has 1 unspecified atom stereocenters. The van der Waals surface area contributed by atoms with Gasteiger partial charge in [-0.15, -0.1) is 0 Å². The number of hydrogen-bond acceptors (Lipinski definition) is 2. The Morgan fingerprint density at radius 1 is 1.27 bits per heavy atom. The van der Waals surface area contributed by atoms with Gasteiger partial charge in [0, 0.05) is 6.04 Å². The van der Waals surface area contributed by atoms with Gasteiger partial charge in [0.15, 0.2) is 0 Å². The lowest BCUT2D eigenvalue weighted by atomic mass is 9.82. The average Bonchev–Trinajstić information content (AvgIpc) is 2.17. The lowest BCUT2D eigenvalue weighted by Crippen LogP contribution is -2.29. The third-order valence-electron chi connectivity index (χ3n) is 2.58. The van der Waals surface area contributed by atoms with Gasteiger partial charge in [-0.3, -0.25) is 0 Å². The maximum absolute atomic E-state index is 5.23. The zero-order valence-corrected chi connectivity index (χ0v) is 10.3. The lowest BCUT2D eigenvalue weighted by molar-refractivity contribution is 0.286. The van der Waals surface area contributed by atoms with E-state index in [1.54, 1.807) is 7.11 Å². The van der Waals surface area contributed by atoms with E-state index in [0.29, 0.717) is 6.04 Å². The van der Waals surface area contributed by atoms with Crippen LogP contribution in [-0.4, -0.2) is 14.2 Å². The highest BCUT2D eigenvalue weighted by atomic mass is 16.5. The molecule has 0 radical (unpaired) electrons. The highest BCUT2D eigenvalue weighted by molar-refractivity contribution is 5.31. The summed E-state index contributed by atoms with van der Waals surface area (Å²) in [5.74, 6) is 0.914. The van der Waals surface area contributed by atoms with E-state index < -0.39 is 0 Å². The van der Waals surface area contributed by atoms with Gasteiger partial charge >= 0.3 is 0 Å². The normalized spacial score (nSPS) is 13.7. The van der Waals surface area contributed by atoms with Crippen LogP contribution in [0.15, 0.2) is 24.3 Å². The highest BCUT2D eigenvalue weighted by Crippen LogP contribution is 2.33. The van der Waals surface area contributed by atoms with Crippen molar-refractivity contribution in [2.24, 2.45) is 5.41 Å². The van der Waals surface area contributed by atoms with Crippen LogP contribution in [0.2, 0.25) is 0 Å². The summed E-state index contributed by atoms with van der Waals surface area (Å²) in [5, 5.41) is 3.35. The van der Waals surface area contributed by atoms with Crippen LogP contribution in [0.5, 0.6) is 5.75 Å². The van der Waals surface area contributed by atoms with Gasteiger partial charge in [-0.25, -0.2) is 0 Å². The quantitative estimate of drug-likeness (QED) is 0.822. The van der Waals surface area contributed by atoms with Crippen LogP contribution >= 0.6 is 0 Å². The van der Waals surface area contributed by atoms with E-state index in [-0.39, 0.29) is 5.41 Å². The van der Waals surface area contributed by atoms with Crippen molar-refractivity contribution >= 4 is 0 Å². The Bertz CT molecular complexity index is 315. The van der Waals surface area contributed by atoms with Crippen LogP contribution in [0.4, 0.5) is 0 Å². The summed E-state index contributed by atoms with van der Waals surface area (Å²) in [6.07, 6.45) is 0. The third-order valence-corrected chi connectivity index (χ3v) is 2.58. The molecule has 0 aliphatic rings. The van der Waals surface area contributed by atoms with Gasteiger partial charge in [0.25, 0.3) is 0 Å². The van der Waals surface area contributed by atoms with Crippen molar-refractivity contribution in [2.45, 2.75) is 26.8 Å². The molecule has 0 spiro atoms. The van der Waals surface area contributed by atoms with Crippen molar-refractivity contribution < 1.29 is 4.74 Å². The molecular formula is C13H21NO. The summed E-state index contributed by atoms with van der Waals surface area (Å²) in [4.78, 5) is 0. The predicted octanol–water partition coefficient (Wildman–Crippen LogP) is 3.00. The standard InChI is InChI=1S/C13H21NO/c1-13(2,3)12(14-4)10-7-6-8-11(9-10)15-5/h6-9,12,14H,1-5H3. The Labute approximate surface area is 92.6 Å². The number of nitrogens with one attached hydrogen (secondary N) is 1. The molecule has 0 fully saturated rings. The molecule has 2 heteroatoms. The first-order chi connectivity index (χ1) is 6.99. The topological polar surface area (TPSA) is 21.3 Å². The van der Waals surface area contributed by atoms with E-state index in [1.807, 2.05) is 19.2 Å². The zero-order chi connectivity index (χ0) is 11.5. The minimum Gasteiger partial charge on any atom is -0.497 e. The summed E-state index contributed by atoms with van der Waals surface area (Å²) in [6.45, 7) is 6.69. The number of rotatable bonds is 3. The van der Waals surface area contributed by atoms with Crippen LogP contribution in [0.25, 0.3) is 0 Å². The fourth-order valence-corrected chi connectivity index (χ4v) is 1.92. The second kappa shape index (κ2) is 4.67. The summed E-state index contributed by atoms with van der Waals surface area (Å²) >= 11 is 0. The molecule has 1 rings (SSSR count). The molecule has 0 heterocycles. The molecule has 0 bridgehead atoms. The van der Waals surface area contributed by atoms with Gasteiger partial charge in [-0.05, 0) is 30.2 Å². The number of hydrogen-bond donors (Lipinski definition) is 1. The van der Waals surface area contributed by atoms with Crippen molar-refractivity contribution in [2.75, 3.05) is 14.2 Å². The van der Waals surface area contributed by atoms with E-state index in [4.69, 9.17) is 4.74 Å². The number of benzene rings is 1. The fraction of sp³-hybridized carbons (Fsp3) is 0.538. The number of methoxy groups -OCH3 is 1. The van der Waals surface area contributed by atoms with E-state index in [9.17, 15) is 0 Å². The first-order valence-corrected chi connectivity index (χ1v) is 5.30. The first kappa shape index (κ1) is 12.1. The van der Waals surface area contributed by atoms with Crippen LogP contribution in [0.1, 0.15) is 32.4 Å². The molecule has 0 aromatic heterocycles. The maximum atomic E-state index is 5.23. The molecule has 1 N–H and O–H groups in total. The van der Waals surface area contributed by atoms with Crippen molar-refractivity contribution in [3.63, 3.8) is 0 Å². The maximum Gasteiger partial charge on any atom is 0.119 e. The average molecular weight is 207 g/mol. The van der Waals surface area contributed by atoms with E-state index in [0.717, 1.165) is 5.75 Å². The van der Waals surface area contributed by atoms with Crippen LogP contribution in [0.3, 0.4) is 0 Å². The molecular weight excluding hydrogens is 186 g/mol. The molecule has 0 saturated heterocycles. The molecule has 0 amide bonds. The molecule has 1 aromatic rings. The molecule has 2 nitrogen and oxygen atoms in total. The summed E-state index contributed by atoms with van der Waals surface area (Å²) in [6, 6.07) is 8.57. The van der Waals surface area contributed by atoms with Crippen molar-refractivity contribution in [3.8, 4) is 5.75 Å². The SMILES string of the molecule is CNC(c1cccc(OC)c1)C(C)(C)C. The molecule has 1 atom stereocenters. The molecule has 84 valence electrons.